The van der Waals surface area contributed by atoms with E-state index in [2.05, 4.69) is 25.4 Å². The number of hydrogen-bond donors (Lipinski definition) is 1. The highest BCUT2D eigenvalue weighted by atomic mass is 15.3. The van der Waals surface area contributed by atoms with Crippen LogP contribution in [0.2, 0.25) is 0 Å². The minimum atomic E-state index is 0.636. The molecule has 2 heterocycles. The van der Waals surface area contributed by atoms with Gasteiger partial charge in [0.2, 0.25) is 0 Å². The van der Waals surface area contributed by atoms with Crippen molar-refractivity contribution in [3.63, 3.8) is 0 Å². The SMILES string of the molecule is Cn1cnc(CNCc2cnccn2)n1. The Morgan fingerprint density at radius 1 is 1.27 bits per heavy atom. The predicted molar refractivity (Wildman–Crippen MR) is 53.6 cm³/mol. The summed E-state index contributed by atoms with van der Waals surface area (Å²) in [6.07, 6.45) is 6.75. The zero-order valence-corrected chi connectivity index (χ0v) is 8.46. The second kappa shape index (κ2) is 4.61. The Bertz CT molecular complexity index is 410. The molecule has 0 aromatic carbocycles. The number of rotatable bonds is 4. The van der Waals surface area contributed by atoms with Crippen LogP contribution in [-0.4, -0.2) is 24.7 Å². The minimum absolute atomic E-state index is 0.636. The van der Waals surface area contributed by atoms with Gasteiger partial charge in [-0.2, -0.15) is 5.10 Å². The van der Waals surface area contributed by atoms with Gasteiger partial charge in [0.05, 0.1) is 12.2 Å². The predicted octanol–water partition coefficient (Wildman–Crippen LogP) is -0.105. The van der Waals surface area contributed by atoms with Gasteiger partial charge >= 0.3 is 0 Å². The average molecular weight is 204 g/mol. The summed E-state index contributed by atoms with van der Waals surface area (Å²) in [7, 11) is 1.85. The highest BCUT2D eigenvalue weighted by molar-refractivity contribution is 4.94. The van der Waals surface area contributed by atoms with Crippen molar-refractivity contribution in [2.45, 2.75) is 13.1 Å². The van der Waals surface area contributed by atoms with Gasteiger partial charge < -0.3 is 5.32 Å². The molecule has 0 fully saturated rings. The zero-order valence-electron chi connectivity index (χ0n) is 8.46. The summed E-state index contributed by atoms with van der Waals surface area (Å²) in [5, 5.41) is 7.34. The smallest absolute Gasteiger partial charge is 0.164 e. The molecule has 2 rings (SSSR count). The first-order valence-electron chi connectivity index (χ1n) is 4.65. The monoisotopic (exact) mass is 204 g/mol. The molecule has 0 saturated heterocycles. The molecule has 0 bridgehead atoms. The number of hydrogen-bond acceptors (Lipinski definition) is 5. The number of aryl methyl sites for hydroxylation is 1. The molecule has 0 aliphatic carbocycles. The van der Waals surface area contributed by atoms with Gasteiger partial charge in [-0.15, -0.1) is 0 Å². The lowest BCUT2D eigenvalue weighted by atomic mass is 10.4. The number of aromatic nitrogens is 5. The third-order valence-corrected chi connectivity index (χ3v) is 1.85. The Hall–Kier alpha value is -1.82. The second-order valence-electron chi connectivity index (χ2n) is 3.13. The maximum absolute atomic E-state index is 4.15. The molecule has 6 nitrogen and oxygen atoms in total. The summed E-state index contributed by atoms with van der Waals surface area (Å²) in [5.74, 6) is 0.779. The average Bonchev–Trinajstić information content (AvgIpc) is 2.66. The van der Waals surface area contributed by atoms with Crippen LogP contribution in [0.15, 0.2) is 24.9 Å². The van der Waals surface area contributed by atoms with Crippen molar-refractivity contribution in [1.29, 1.82) is 0 Å². The third-order valence-electron chi connectivity index (χ3n) is 1.85. The molecule has 15 heavy (non-hydrogen) atoms. The van der Waals surface area contributed by atoms with E-state index in [4.69, 9.17) is 0 Å². The van der Waals surface area contributed by atoms with E-state index in [1.54, 1.807) is 29.6 Å². The molecule has 6 heteroatoms. The Kier molecular flexibility index (Phi) is 2.99. The molecule has 1 N–H and O–H groups in total. The third kappa shape index (κ3) is 2.81. The standard InChI is InChI=1S/C9H12N6/c1-15-7-13-9(14-15)6-11-5-8-4-10-2-3-12-8/h2-4,7,11H,5-6H2,1H3. The van der Waals surface area contributed by atoms with Crippen molar-refractivity contribution in [3.05, 3.63) is 36.4 Å². The highest BCUT2D eigenvalue weighted by Gasteiger charge is 1.98. The normalized spacial score (nSPS) is 10.5. The lowest BCUT2D eigenvalue weighted by Crippen LogP contribution is -2.15. The van der Waals surface area contributed by atoms with Gasteiger partial charge in [-0.3, -0.25) is 14.6 Å². The molecule has 0 atom stereocenters. The van der Waals surface area contributed by atoms with Crippen molar-refractivity contribution in [1.82, 2.24) is 30.0 Å². The summed E-state index contributed by atoms with van der Waals surface area (Å²) in [4.78, 5) is 12.2. The summed E-state index contributed by atoms with van der Waals surface area (Å²) in [6, 6.07) is 0. The van der Waals surface area contributed by atoms with Gasteiger partial charge in [-0.1, -0.05) is 0 Å². The van der Waals surface area contributed by atoms with Crippen LogP contribution in [-0.2, 0) is 20.1 Å². The van der Waals surface area contributed by atoms with Crippen molar-refractivity contribution in [2.75, 3.05) is 0 Å². The quantitative estimate of drug-likeness (QED) is 0.753. The molecular weight excluding hydrogens is 192 g/mol. The topological polar surface area (TPSA) is 68.5 Å². The van der Waals surface area contributed by atoms with Crippen molar-refractivity contribution < 1.29 is 0 Å². The minimum Gasteiger partial charge on any atom is -0.304 e. The van der Waals surface area contributed by atoms with Crippen LogP contribution in [0.1, 0.15) is 11.5 Å². The van der Waals surface area contributed by atoms with Crippen LogP contribution in [0.4, 0.5) is 0 Å². The number of nitrogens with zero attached hydrogens (tertiary/aromatic N) is 5. The summed E-state index contributed by atoms with van der Waals surface area (Å²) in [5.41, 5.74) is 0.911. The molecule has 0 unspecified atom stereocenters. The van der Waals surface area contributed by atoms with Crippen LogP contribution >= 0.6 is 0 Å². The molecule has 0 spiro atoms. The van der Waals surface area contributed by atoms with Crippen molar-refractivity contribution >= 4 is 0 Å². The summed E-state index contributed by atoms with van der Waals surface area (Å²) >= 11 is 0. The lowest BCUT2D eigenvalue weighted by Gasteiger charge is -2.00. The first-order chi connectivity index (χ1) is 7.34. The van der Waals surface area contributed by atoms with E-state index in [1.165, 1.54) is 0 Å². The van der Waals surface area contributed by atoms with Gasteiger partial charge in [-0.25, -0.2) is 4.98 Å². The van der Waals surface area contributed by atoms with E-state index in [1.807, 2.05) is 7.05 Å². The van der Waals surface area contributed by atoms with Crippen molar-refractivity contribution in [2.24, 2.45) is 7.05 Å². The van der Waals surface area contributed by atoms with E-state index >= 15 is 0 Å². The van der Waals surface area contributed by atoms with E-state index in [9.17, 15) is 0 Å². The van der Waals surface area contributed by atoms with Crippen LogP contribution < -0.4 is 5.32 Å². The molecule has 2 aromatic heterocycles. The fraction of sp³-hybridized carbons (Fsp3) is 0.333. The number of nitrogens with one attached hydrogen (secondary N) is 1. The van der Waals surface area contributed by atoms with Crippen LogP contribution in [0.5, 0.6) is 0 Å². The fourth-order valence-corrected chi connectivity index (χ4v) is 1.19. The van der Waals surface area contributed by atoms with E-state index in [0.717, 1.165) is 11.5 Å². The van der Waals surface area contributed by atoms with Crippen LogP contribution in [0.3, 0.4) is 0 Å². The summed E-state index contributed by atoms with van der Waals surface area (Å²) in [6.45, 7) is 1.31. The van der Waals surface area contributed by atoms with Crippen LogP contribution in [0.25, 0.3) is 0 Å². The fourth-order valence-electron chi connectivity index (χ4n) is 1.19. The Morgan fingerprint density at radius 2 is 2.20 bits per heavy atom. The van der Waals surface area contributed by atoms with Gasteiger partial charge in [0.15, 0.2) is 5.82 Å². The van der Waals surface area contributed by atoms with E-state index in [0.29, 0.717) is 13.1 Å². The molecule has 0 aliphatic rings. The largest absolute Gasteiger partial charge is 0.304 e. The second-order valence-corrected chi connectivity index (χ2v) is 3.13. The highest BCUT2D eigenvalue weighted by Crippen LogP contribution is 1.91. The molecule has 2 aromatic rings. The van der Waals surface area contributed by atoms with E-state index < -0.39 is 0 Å². The lowest BCUT2D eigenvalue weighted by molar-refractivity contribution is 0.639. The Labute approximate surface area is 87.4 Å². The Balaban J connectivity index is 1.80. The van der Waals surface area contributed by atoms with Gasteiger partial charge in [0, 0.05) is 32.2 Å². The molecule has 0 amide bonds. The zero-order chi connectivity index (χ0) is 10.5. The van der Waals surface area contributed by atoms with Crippen molar-refractivity contribution in [3.8, 4) is 0 Å². The molecule has 78 valence electrons. The molecule has 0 aliphatic heterocycles. The van der Waals surface area contributed by atoms with Gasteiger partial charge in [0.1, 0.15) is 6.33 Å². The molecule has 0 radical (unpaired) electrons. The first kappa shape index (κ1) is 9.72. The van der Waals surface area contributed by atoms with E-state index in [-0.39, 0.29) is 0 Å². The summed E-state index contributed by atoms with van der Waals surface area (Å²) < 4.78 is 1.68. The molecule has 0 saturated carbocycles. The maximum Gasteiger partial charge on any atom is 0.164 e. The van der Waals surface area contributed by atoms with Gasteiger partial charge in [-0.05, 0) is 0 Å². The first-order valence-corrected chi connectivity index (χ1v) is 4.65. The van der Waals surface area contributed by atoms with Gasteiger partial charge in [0.25, 0.3) is 0 Å². The maximum atomic E-state index is 4.15. The molecular formula is C9H12N6. The Morgan fingerprint density at radius 3 is 2.87 bits per heavy atom. The van der Waals surface area contributed by atoms with Crippen LogP contribution in [0, 0.1) is 0 Å².